The molecule has 0 spiro atoms. The van der Waals surface area contributed by atoms with Crippen LogP contribution in [0.5, 0.6) is 0 Å². The zero-order chi connectivity index (χ0) is 23.4. The molecule has 0 bridgehead atoms. The Balaban J connectivity index is 1.47. The van der Waals surface area contributed by atoms with Gasteiger partial charge in [0.2, 0.25) is 0 Å². The van der Waals surface area contributed by atoms with Gasteiger partial charge in [-0.05, 0) is 51.4 Å². The van der Waals surface area contributed by atoms with Crippen molar-refractivity contribution >= 4 is 18.8 Å². The van der Waals surface area contributed by atoms with E-state index in [1.807, 2.05) is 48.9 Å². The third-order valence-corrected chi connectivity index (χ3v) is 5.92. The number of aliphatic imine (C=N–C) groups is 1. The van der Waals surface area contributed by atoms with Gasteiger partial charge < -0.3 is 10.2 Å². The molecule has 8 nitrogen and oxygen atoms in total. The Hall–Kier alpha value is -3.78. The second kappa shape index (κ2) is 9.79. The lowest BCUT2D eigenvalue weighted by molar-refractivity contribution is 0.238. The highest BCUT2D eigenvalue weighted by Gasteiger charge is 2.33. The molecule has 1 aliphatic rings. The Labute approximate surface area is 194 Å². The second-order valence-corrected chi connectivity index (χ2v) is 8.38. The van der Waals surface area contributed by atoms with Crippen LogP contribution in [-0.4, -0.2) is 58.6 Å². The molecule has 2 unspecified atom stereocenters. The topological polar surface area (TPSA) is 87.4 Å². The van der Waals surface area contributed by atoms with Gasteiger partial charge in [0.1, 0.15) is 5.82 Å². The van der Waals surface area contributed by atoms with Crippen molar-refractivity contribution < 1.29 is 4.79 Å². The summed E-state index contributed by atoms with van der Waals surface area (Å²) in [4.78, 5) is 23.3. The van der Waals surface area contributed by atoms with E-state index in [1.54, 1.807) is 18.5 Å². The van der Waals surface area contributed by atoms with E-state index >= 15 is 0 Å². The first-order valence-electron chi connectivity index (χ1n) is 10.9. The lowest BCUT2D eigenvalue weighted by Gasteiger charge is -2.20. The molecule has 2 amide bonds. The number of nitrogens with zero attached hydrogens (tertiary/aromatic N) is 5. The second-order valence-electron chi connectivity index (χ2n) is 8.38. The van der Waals surface area contributed by atoms with Crippen LogP contribution in [0.4, 0.5) is 4.79 Å². The van der Waals surface area contributed by atoms with E-state index in [0.29, 0.717) is 5.82 Å². The molecule has 2 aromatic heterocycles. The molecule has 8 heteroatoms. The number of likely N-dealkylation sites (tertiary alicyclic amines) is 1. The van der Waals surface area contributed by atoms with E-state index in [1.165, 1.54) is 5.56 Å². The van der Waals surface area contributed by atoms with Crippen molar-refractivity contribution in [3.8, 4) is 5.69 Å². The number of amides is 2. The highest BCUT2D eigenvalue weighted by molar-refractivity contribution is 5.78. The standard InChI is InChI=1S/C25H29N7O/c1-17-12-21(10-11-27-17)32-18(2)20(14-28-32)13-24(26-3)30-25(33)29-23-16-31(4)15-22(23)19-8-6-5-7-9-19/h5-14,22-23H,3,15-16H2,1-2,4H3,(H2,29,30,33)/b24-13+. The quantitative estimate of drug-likeness (QED) is 0.573. The molecule has 170 valence electrons. The zero-order valence-corrected chi connectivity index (χ0v) is 19.2. The molecule has 2 N–H and O–H groups in total. The number of hydrogen-bond acceptors (Lipinski definition) is 5. The number of nitrogens with one attached hydrogen (secondary N) is 2. The molecule has 3 heterocycles. The number of benzene rings is 1. The van der Waals surface area contributed by atoms with Gasteiger partial charge in [-0.2, -0.15) is 5.10 Å². The molecule has 1 aromatic carbocycles. The molecule has 0 aliphatic carbocycles. The summed E-state index contributed by atoms with van der Waals surface area (Å²) in [6, 6.07) is 13.9. The van der Waals surface area contributed by atoms with E-state index < -0.39 is 0 Å². The van der Waals surface area contributed by atoms with E-state index in [0.717, 1.165) is 35.7 Å². The number of pyridine rings is 1. The van der Waals surface area contributed by atoms with Crippen LogP contribution in [0.1, 0.15) is 28.4 Å². The van der Waals surface area contributed by atoms with Crippen LogP contribution >= 0.6 is 0 Å². The van der Waals surface area contributed by atoms with Gasteiger partial charge in [-0.3, -0.25) is 10.3 Å². The predicted octanol–water partition coefficient (Wildman–Crippen LogP) is 3.28. The smallest absolute Gasteiger partial charge is 0.320 e. The summed E-state index contributed by atoms with van der Waals surface area (Å²) in [5.74, 6) is 0.596. The summed E-state index contributed by atoms with van der Waals surface area (Å²) in [5.41, 5.74) is 4.83. The van der Waals surface area contributed by atoms with E-state index in [-0.39, 0.29) is 18.0 Å². The fourth-order valence-electron chi connectivity index (χ4n) is 4.26. The van der Waals surface area contributed by atoms with E-state index in [2.05, 4.69) is 56.5 Å². The number of rotatable bonds is 6. The van der Waals surface area contributed by atoms with Crippen LogP contribution in [-0.2, 0) is 0 Å². The van der Waals surface area contributed by atoms with Crippen LogP contribution in [0.25, 0.3) is 11.8 Å². The van der Waals surface area contributed by atoms with Crippen LogP contribution in [0.15, 0.2) is 65.7 Å². The van der Waals surface area contributed by atoms with Crippen molar-refractivity contribution in [1.29, 1.82) is 0 Å². The van der Waals surface area contributed by atoms with Gasteiger partial charge in [0.05, 0.1) is 17.9 Å². The molecule has 1 fully saturated rings. The first-order valence-corrected chi connectivity index (χ1v) is 10.9. The highest BCUT2D eigenvalue weighted by atomic mass is 16.2. The Morgan fingerprint density at radius 1 is 1.21 bits per heavy atom. The average molecular weight is 444 g/mol. The molecule has 1 aliphatic heterocycles. The van der Waals surface area contributed by atoms with E-state index in [4.69, 9.17) is 0 Å². The summed E-state index contributed by atoms with van der Waals surface area (Å²) in [5, 5.41) is 10.4. The molecule has 3 aromatic rings. The number of likely N-dealkylation sites (N-methyl/N-ethyl adjacent to an activating group) is 1. The Bertz CT molecular complexity index is 1170. The van der Waals surface area contributed by atoms with Crippen LogP contribution < -0.4 is 10.6 Å². The van der Waals surface area contributed by atoms with Gasteiger partial charge in [0.15, 0.2) is 0 Å². The lowest BCUT2D eigenvalue weighted by atomic mass is 9.94. The van der Waals surface area contributed by atoms with Crippen LogP contribution in [0, 0.1) is 13.8 Å². The predicted molar refractivity (Wildman–Crippen MR) is 130 cm³/mol. The summed E-state index contributed by atoms with van der Waals surface area (Å²) in [6.07, 6.45) is 5.27. The number of carbonyl (C=O) groups excluding carboxylic acids is 1. The zero-order valence-electron chi connectivity index (χ0n) is 19.2. The number of urea groups is 1. The third kappa shape index (κ3) is 5.18. The van der Waals surface area contributed by atoms with Crippen molar-refractivity contribution in [2.75, 3.05) is 20.1 Å². The number of hydrogen-bond donors (Lipinski definition) is 2. The van der Waals surface area contributed by atoms with Gasteiger partial charge in [0.25, 0.3) is 0 Å². The summed E-state index contributed by atoms with van der Waals surface area (Å²) in [6.45, 7) is 9.20. The fraction of sp³-hybridized carbons (Fsp3) is 0.280. The lowest BCUT2D eigenvalue weighted by Crippen LogP contribution is -2.44. The average Bonchev–Trinajstić information content (AvgIpc) is 3.35. The van der Waals surface area contributed by atoms with Crippen molar-refractivity contribution in [3.63, 3.8) is 0 Å². The Morgan fingerprint density at radius 2 is 2.00 bits per heavy atom. The minimum atomic E-state index is -0.301. The number of aryl methyl sites for hydroxylation is 1. The van der Waals surface area contributed by atoms with Gasteiger partial charge in [-0.25, -0.2) is 14.5 Å². The summed E-state index contributed by atoms with van der Waals surface area (Å²) >= 11 is 0. The van der Waals surface area contributed by atoms with Gasteiger partial charge in [-0.1, -0.05) is 30.3 Å². The fourth-order valence-corrected chi connectivity index (χ4v) is 4.26. The minimum Gasteiger partial charge on any atom is -0.333 e. The molecule has 1 saturated heterocycles. The van der Waals surface area contributed by atoms with Crippen LogP contribution in [0.3, 0.4) is 0 Å². The van der Waals surface area contributed by atoms with Gasteiger partial charge >= 0.3 is 6.03 Å². The molecule has 4 rings (SSSR count). The van der Waals surface area contributed by atoms with Crippen molar-refractivity contribution in [3.05, 3.63) is 83.2 Å². The normalized spacial score (nSPS) is 18.8. The van der Waals surface area contributed by atoms with E-state index in [9.17, 15) is 4.79 Å². The first kappa shape index (κ1) is 22.4. The summed E-state index contributed by atoms with van der Waals surface area (Å²) in [7, 11) is 2.07. The maximum Gasteiger partial charge on any atom is 0.320 e. The molecule has 2 atom stereocenters. The van der Waals surface area contributed by atoms with Crippen molar-refractivity contribution in [2.24, 2.45) is 4.99 Å². The van der Waals surface area contributed by atoms with Crippen LogP contribution in [0.2, 0.25) is 0 Å². The third-order valence-electron chi connectivity index (χ3n) is 5.92. The summed E-state index contributed by atoms with van der Waals surface area (Å²) < 4.78 is 1.83. The maximum atomic E-state index is 12.8. The van der Waals surface area contributed by atoms with Crippen molar-refractivity contribution in [1.82, 2.24) is 30.3 Å². The van der Waals surface area contributed by atoms with Gasteiger partial charge in [0, 0.05) is 42.2 Å². The number of carbonyl (C=O) groups is 1. The molecular weight excluding hydrogens is 414 g/mol. The largest absolute Gasteiger partial charge is 0.333 e. The Kier molecular flexibility index (Phi) is 6.65. The Morgan fingerprint density at radius 3 is 2.73 bits per heavy atom. The monoisotopic (exact) mass is 443 g/mol. The molecule has 0 saturated carbocycles. The van der Waals surface area contributed by atoms with Crippen molar-refractivity contribution in [2.45, 2.75) is 25.8 Å². The van der Waals surface area contributed by atoms with Gasteiger partial charge in [-0.15, -0.1) is 0 Å². The highest BCUT2D eigenvalue weighted by Crippen LogP contribution is 2.26. The molecular formula is C25H29N7O. The minimum absolute atomic E-state index is 0.00267. The first-order chi connectivity index (χ1) is 15.9. The molecule has 33 heavy (non-hydrogen) atoms. The number of aromatic nitrogens is 3. The SMILES string of the molecule is C=N/C(=C\c1cnn(-c2ccnc(C)c2)c1C)NC(=O)NC1CN(C)CC1c1ccccc1. The molecule has 0 radical (unpaired) electrons. The maximum absolute atomic E-state index is 12.8.